The van der Waals surface area contributed by atoms with Gasteiger partial charge in [0.15, 0.2) is 5.75 Å². The quantitative estimate of drug-likeness (QED) is 0.0180. The molecule has 0 spiro atoms. The summed E-state index contributed by atoms with van der Waals surface area (Å²) in [7, 11) is -10.2. The van der Waals surface area contributed by atoms with E-state index in [2.05, 4.69) is 30.7 Å². The highest BCUT2D eigenvalue weighted by molar-refractivity contribution is 7.86. The number of hydrogen-bond donors (Lipinski definition) is 6. The zero-order chi connectivity index (χ0) is 47.6. The summed E-state index contributed by atoms with van der Waals surface area (Å²) in [5.74, 6) is 0.260. The van der Waals surface area contributed by atoms with Crippen LogP contribution in [-0.4, -0.2) is 50.9 Å². The molecule has 19 nitrogen and oxygen atoms in total. The first kappa shape index (κ1) is 48.3. The van der Waals surface area contributed by atoms with Crippen molar-refractivity contribution in [2.24, 2.45) is 30.7 Å². The molecular weight excluding hydrogens is 891 g/mol. The molecule has 9 N–H and O–H groups in total. The van der Waals surface area contributed by atoms with E-state index in [-0.39, 0.29) is 34.5 Å². The Morgan fingerprint density at radius 3 is 1.59 bits per heavy atom. The first-order valence-electron chi connectivity index (χ1n) is 20.8. The van der Waals surface area contributed by atoms with Crippen LogP contribution in [0.1, 0.15) is 52.9 Å². The minimum atomic E-state index is -5.13. The van der Waals surface area contributed by atoms with E-state index in [1.54, 1.807) is 72.8 Å². The fraction of sp³-hybridized carbons (Fsp3) is 0.244. The second-order valence-corrected chi connectivity index (χ2v) is 17.5. The number of anilines is 3. The SMILES string of the molecule is CCCCOc1cc(-c2ccc(N=Nc3c(S(=O)(=O)O)cc4cc(S(=O)(=O)O)c(N=Nc5ccccc5)c(O)c4c3N)c(OCCCC)c2)ccc1N=Nc1cc(OCCC)c(N)cc1N. The van der Waals surface area contributed by atoms with Gasteiger partial charge in [-0.05, 0) is 90.4 Å². The minimum Gasteiger partial charge on any atom is -0.505 e. The molecule has 0 fully saturated rings. The number of unbranched alkanes of at least 4 members (excludes halogenated alkanes) is 2. The van der Waals surface area contributed by atoms with E-state index in [1.165, 1.54) is 0 Å². The van der Waals surface area contributed by atoms with Crippen molar-refractivity contribution < 1.29 is 45.3 Å². The van der Waals surface area contributed by atoms with Crippen LogP contribution in [0.3, 0.4) is 0 Å². The molecule has 6 aromatic carbocycles. The number of phenolic OH excluding ortho intramolecular Hbond substituents is 1. The highest BCUT2D eigenvalue weighted by Gasteiger charge is 2.28. The second-order valence-electron chi connectivity index (χ2n) is 14.8. The number of ether oxygens (including phenoxy) is 3. The number of aromatic hydroxyl groups is 1. The molecule has 0 unspecified atom stereocenters. The Balaban J connectivity index is 1.43. The summed E-state index contributed by atoms with van der Waals surface area (Å²) in [6.07, 6.45) is 3.95. The molecule has 6 rings (SSSR count). The van der Waals surface area contributed by atoms with Crippen molar-refractivity contribution in [3.8, 4) is 34.1 Å². The van der Waals surface area contributed by atoms with E-state index in [0.29, 0.717) is 65.0 Å². The highest BCUT2D eigenvalue weighted by atomic mass is 32.2. The average Bonchev–Trinajstić information content (AvgIpc) is 3.27. The number of rotatable bonds is 20. The van der Waals surface area contributed by atoms with Gasteiger partial charge in [-0.15, -0.1) is 25.6 Å². The van der Waals surface area contributed by atoms with Crippen molar-refractivity contribution in [1.29, 1.82) is 0 Å². The smallest absolute Gasteiger partial charge is 0.296 e. The van der Waals surface area contributed by atoms with Gasteiger partial charge in [0, 0.05) is 6.07 Å². The molecule has 0 bridgehead atoms. The Hall–Kier alpha value is -7.20. The van der Waals surface area contributed by atoms with Gasteiger partial charge < -0.3 is 36.5 Å². The molecule has 346 valence electrons. The summed E-state index contributed by atoms with van der Waals surface area (Å²) in [5, 5.41) is 36.0. The number of nitrogens with two attached hydrogens (primary N) is 3. The fourth-order valence-corrected chi connectivity index (χ4v) is 7.71. The molecule has 6 aromatic rings. The number of hydrogen-bond acceptors (Lipinski definition) is 17. The van der Waals surface area contributed by atoms with Crippen LogP contribution in [0.5, 0.6) is 23.0 Å². The molecule has 0 radical (unpaired) electrons. The van der Waals surface area contributed by atoms with E-state index in [4.69, 9.17) is 31.4 Å². The van der Waals surface area contributed by atoms with Crippen molar-refractivity contribution in [2.75, 3.05) is 37.0 Å². The number of nitrogens with zero attached hydrogens (tertiary/aromatic N) is 6. The fourth-order valence-electron chi connectivity index (χ4n) is 6.38. The molecule has 21 heteroatoms. The normalized spacial score (nSPS) is 12.2. The Bertz CT molecular complexity index is 3060. The Morgan fingerprint density at radius 2 is 1.05 bits per heavy atom. The standard InChI is InChI=1S/C45H49N9O10S2/c1-4-7-19-63-37-21-27(14-16-33(37)50-52-35-26-36(62-18-6-3)32(47)25-31(35)46)28-15-17-34(38(22-28)64-20-8-5-2)51-53-43-39(65(56,57)58)23-29-24-40(66(59,60)61)44(45(55)41(29)42(43)48)54-49-30-12-10-9-11-13-30/h9-17,21-26,55H,4-8,18-20,46-48H2,1-3H3,(H,56,57,58)(H,59,60,61). The van der Waals surface area contributed by atoms with Crippen molar-refractivity contribution >= 4 is 82.2 Å². The third kappa shape index (κ3) is 11.5. The summed E-state index contributed by atoms with van der Waals surface area (Å²) in [5.41, 5.74) is 20.3. The van der Waals surface area contributed by atoms with Crippen molar-refractivity contribution in [2.45, 2.75) is 62.7 Å². The van der Waals surface area contributed by atoms with E-state index in [1.807, 2.05) is 26.8 Å². The van der Waals surface area contributed by atoms with Gasteiger partial charge in [-0.3, -0.25) is 9.11 Å². The van der Waals surface area contributed by atoms with Crippen LogP contribution < -0.4 is 31.4 Å². The predicted octanol–water partition coefficient (Wildman–Crippen LogP) is 11.8. The molecule has 0 aliphatic carbocycles. The van der Waals surface area contributed by atoms with Gasteiger partial charge in [-0.1, -0.05) is 63.9 Å². The Labute approximate surface area is 381 Å². The van der Waals surface area contributed by atoms with Crippen LogP contribution in [0.15, 0.2) is 131 Å². The average molecular weight is 940 g/mol. The summed E-state index contributed by atoms with van der Waals surface area (Å²) < 4.78 is 89.0. The van der Waals surface area contributed by atoms with Crippen LogP contribution in [0.25, 0.3) is 21.9 Å². The zero-order valence-electron chi connectivity index (χ0n) is 36.2. The number of nitrogen functional groups attached to an aromatic ring is 3. The van der Waals surface area contributed by atoms with E-state index in [9.17, 15) is 31.0 Å². The molecule has 0 aliphatic rings. The van der Waals surface area contributed by atoms with Gasteiger partial charge in [-0.2, -0.15) is 21.9 Å². The molecule has 66 heavy (non-hydrogen) atoms. The summed E-state index contributed by atoms with van der Waals surface area (Å²) >= 11 is 0. The van der Waals surface area contributed by atoms with Gasteiger partial charge in [0.25, 0.3) is 20.2 Å². The van der Waals surface area contributed by atoms with Crippen LogP contribution in [0, 0.1) is 0 Å². The molecule has 0 amide bonds. The lowest BCUT2D eigenvalue weighted by molar-refractivity contribution is 0.310. The third-order valence-corrected chi connectivity index (χ3v) is 11.5. The van der Waals surface area contributed by atoms with Crippen molar-refractivity contribution in [3.05, 3.63) is 91.0 Å². The minimum absolute atomic E-state index is 0.132. The largest absolute Gasteiger partial charge is 0.505 e. The monoisotopic (exact) mass is 939 g/mol. The van der Waals surface area contributed by atoms with Crippen LogP contribution >= 0.6 is 0 Å². The first-order valence-corrected chi connectivity index (χ1v) is 23.6. The number of phenols is 1. The summed E-state index contributed by atoms with van der Waals surface area (Å²) in [6, 6.07) is 23.4. The van der Waals surface area contributed by atoms with Gasteiger partial charge in [0.1, 0.15) is 55.5 Å². The molecule has 0 aliphatic heterocycles. The van der Waals surface area contributed by atoms with Gasteiger partial charge in [0.05, 0.1) is 48.0 Å². The van der Waals surface area contributed by atoms with Crippen molar-refractivity contribution in [3.63, 3.8) is 0 Å². The van der Waals surface area contributed by atoms with E-state index < -0.39 is 52.8 Å². The van der Waals surface area contributed by atoms with Crippen LogP contribution in [0.2, 0.25) is 0 Å². The Morgan fingerprint density at radius 1 is 0.530 bits per heavy atom. The maximum atomic E-state index is 12.8. The number of azo groups is 3. The third-order valence-electron chi connectivity index (χ3n) is 9.80. The maximum absolute atomic E-state index is 12.8. The van der Waals surface area contributed by atoms with Gasteiger partial charge in [-0.25, -0.2) is 0 Å². The van der Waals surface area contributed by atoms with Crippen LogP contribution in [-0.2, 0) is 20.2 Å². The van der Waals surface area contributed by atoms with Gasteiger partial charge in [0.2, 0.25) is 0 Å². The lowest BCUT2D eigenvalue weighted by Gasteiger charge is -2.15. The molecular formula is C45H49N9O10S2. The summed E-state index contributed by atoms with van der Waals surface area (Å²) in [6.45, 7) is 7.17. The molecule has 0 aromatic heterocycles. The maximum Gasteiger partial charge on any atom is 0.296 e. The molecule has 0 atom stereocenters. The Kier molecular flexibility index (Phi) is 15.5. The number of fused-ring (bicyclic) bond motifs is 1. The summed E-state index contributed by atoms with van der Waals surface area (Å²) in [4.78, 5) is -1.79. The highest BCUT2D eigenvalue weighted by Crippen LogP contribution is 2.49. The van der Waals surface area contributed by atoms with Gasteiger partial charge >= 0.3 is 0 Å². The van der Waals surface area contributed by atoms with Crippen LogP contribution in [0.4, 0.5) is 51.2 Å². The number of benzene rings is 6. The lowest BCUT2D eigenvalue weighted by atomic mass is 10.0. The molecule has 0 heterocycles. The molecule has 0 saturated carbocycles. The topological polar surface area (TPSA) is 309 Å². The first-order chi connectivity index (χ1) is 31.5. The predicted molar refractivity (Wildman–Crippen MR) is 252 cm³/mol. The zero-order valence-corrected chi connectivity index (χ0v) is 37.9. The second kappa shape index (κ2) is 21.2. The van der Waals surface area contributed by atoms with E-state index in [0.717, 1.165) is 37.8 Å². The van der Waals surface area contributed by atoms with Crippen molar-refractivity contribution in [1.82, 2.24) is 0 Å². The van der Waals surface area contributed by atoms with E-state index >= 15 is 0 Å². The molecule has 0 saturated heterocycles. The lowest BCUT2D eigenvalue weighted by Crippen LogP contribution is -2.03.